The third-order valence-corrected chi connectivity index (χ3v) is 4.72. The first-order valence-electron chi connectivity index (χ1n) is 8.38. The van der Waals surface area contributed by atoms with Crippen LogP contribution < -0.4 is 10.2 Å². The number of hydrogen-bond acceptors (Lipinski definition) is 4. The lowest BCUT2D eigenvalue weighted by molar-refractivity contribution is -0.384. The van der Waals surface area contributed by atoms with Crippen molar-refractivity contribution in [3.8, 4) is 0 Å². The SMILES string of the molecule is Cc1ccc(N2CC(C(=O)Nc3cc([N+](=O)[O-])ccc3F)CC2=O)cc1C. The van der Waals surface area contributed by atoms with Crippen molar-refractivity contribution >= 4 is 28.9 Å². The van der Waals surface area contributed by atoms with E-state index in [-0.39, 0.29) is 30.2 Å². The normalized spacial score (nSPS) is 16.5. The van der Waals surface area contributed by atoms with Gasteiger partial charge >= 0.3 is 0 Å². The van der Waals surface area contributed by atoms with Gasteiger partial charge in [-0.15, -0.1) is 0 Å². The highest BCUT2D eigenvalue weighted by molar-refractivity contribution is 6.03. The Balaban J connectivity index is 1.75. The van der Waals surface area contributed by atoms with Crippen molar-refractivity contribution in [1.29, 1.82) is 0 Å². The number of nitrogens with one attached hydrogen (secondary N) is 1. The second kappa shape index (κ2) is 7.14. The Bertz CT molecular complexity index is 945. The maximum Gasteiger partial charge on any atom is 0.271 e. The summed E-state index contributed by atoms with van der Waals surface area (Å²) in [6, 6.07) is 8.52. The molecule has 2 amide bonds. The molecule has 1 heterocycles. The lowest BCUT2D eigenvalue weighted by Gasteiger charge is -2.18. The third-order valence-electron chi connectivity index (χ3n) is 4.72. The summed E-state index contributed by atoms with van der Waals surface area (Å²) in [7, 11) is 0. The Morgan fingerprint density at radius 2 is 1.96 bits per heavy atom. The highest BCUT2D eigenvalue weighted by atomic mass is 19.1. The summed E-state index contributed by atoms with van der Waals surface area (Å²) in [5.74, 6) is -2.19. The van der Waals surface area contributed by atoms with E-state index in [1.165, 1.54) is 4.90 Å². The van der Waals surface area contributed by atoms with Crippen LogP contribution in [0.2, 0.25) is 0 Å². The maximum atomic E-state index is 13.9. The molecule has 1 N–H and O–H groups in total. The smallest absolute Gasteiger partial charge is 0.271 e. The summed E-state index contributed by atoms with van der Waals surface area (Å²) in [5.41, 5.74) is 2.24. The molecule has 1 aliphatic rings. The van der Waals surface area contributed by atoms with Crippen LogP contribution in [-0.4, -0.2) is 23.3 Å². The molecule has 0 spiro atoms. The third kappa shape index (κ3) is 3.79. The summed E-state index contributed by atoms with van der Waals surface area (Å²) >= 11 is 0. The van der Waals surface area contributed by atoms with Gasteiger partial charge in [0.1, 0.15) is 5.82 Å². The number of hydrogen-bond donors (Lipinski definition) is 1. The lowest BCUT2D eigenvalue weighted by Crippen LogP contribution is -2.28. The molecule has 1 saturated heterocycles. The molecule has 1 fully saturated rings. The largest absolute Gasteiger partial charge is 0.323 e. The molecule has 8 heteroatoms. The van der Waals surface area contributed by atoms with Crippen LogP contribution in [0.15, 0.2) is 36.4 Å². The van der Waals surface area contributed by atoms with Crippen molar-refractivity contribution < 1.29 is 18.9 Å². The topological polar surface area (TPSA) is 92.6 Å². The van der Waals surface area contributed by atoms with E-state index in [0.29, 0.717) is 5.69 Å². The predicted molar refractivity (Wildman–Crippen MR) is 98.1 cm³/mol. The van der Waals surface area contributed by atoms with Gasteiger partial charge in [0.25, 0.3) is 5.69 Å². The molecule has 0 saturated carbocycles. The second-order valence-corrected chi connectivity index (χ2v) is 6.58. The van der Waals surface area contributed by atoms with Crippen LogP contribution in [0.1, 0.15) is 17.5 Å². The second-order valence-electron chi connectivity index (χ2n) is 6.58. The van der Waals surface area contributed by atoms with Crippen molar-refractivity contribution in [3.05, 3.63) is 63.5 Å². The van der Waals surface area contributed by atoms with Crippen LogP contribution in [-0.2, 0) is 9.59 Å². The van der Waals surface area contributed by atoms with Crippen LogP contribution in [0.25, 0.3) is 0 Å². The van der Waals surface area contributed by atoms with Gasteiger partial charge in [-0.05, 0) is 43.2 Å². The van der Waals surface area contributed by atoms with Crippen LogP contribution in [0, 0.1) is 35.7 Å². The molecular weight excluding hydrogens is 353 g/mol. The monoisotopic (exact) mass is 371 g/mol. The van der Waals surface area contributed by atoms with E-state index in [4.69, 9.17) is 0 Å². The Morgan fingerprint density at radius 1 is 1.22 bits per heavy atom. The average Bonchev–Trinajstić information content (AvgIpc) is 3.01. The summed E-state index contributed by atoms with van der Waals surface area (Å²) in [5, 5.41) is 13.2. The molecule has 1 aliphatic heterocycles. The molecule has 0 bridgehead atoms. The van der Waals surface area contributed by atoms with Crippen LogP contribution in [0.3, 0.4) is 0 Å². The Morgan fingerprint density at radius 3 is 2.63 bits per heavy atom. The predicted octanol–water partition coefficient (Wildman–Crippen LogP) is 3.34. The molecule has 7 nitrogen and oxygen atoms in total. The zero-order valence-electron chi connectivity index (χ0n) is 14.9. The van der Waals surface area contributed by atoms with Gasteiger partial charge in [-0.3, -0.25) is 19.7 Å². The quantitative estimate of drug-likeness (QED) is 0.659. The van der Waals surface area contributed by atoms with Gasteiger partial charge in [0, 0.05) is 30.8 Å². The minimum absolute atomic E-state index is 0.00466. The number of nitro groups is 1. The van der Waals surface area contributed by atoms with Gasteiger partial charge in [0.2, 0.25) is 11.8 Å². The number of amides is 2. The summed E-state index contributed by atoms with van der Waals surface area (Å²) < 4.78 is 13.9. The maximum absolute atomic E-state index is 13.9. The van der Waals surface area contributed by atoms with Crippen molar-refractivity contribution in [1.82, 2.24) is 0 Å². The van der Waals surface area contributed by atoms with Crippen LogP contribution in [0.4, 0.5) is 21.5 Å². The molecular formula is C19H18FN3O4. The number of carbonyl (C=O) groups excluding carboxylic acids is 2. The number of aryl methyl sites for hydroxylation is 2. The first kappa shape index (κ1) is 18.5. The Kier molecular flexibility index (Phi) is 4.89. The van der Waals surface area contributed by atoms with Crippen molar-refractivity contribution in [3.63, 3.8) is 0 Å². The fourth-order valence-electron chi connectivity index (χ4n) is 2.98. The number of carbonyl (C=O) groups is 2. The molecule has 2 aromatic carbocycles. The summed E-state index contributed by atoms with van der Waals surface area (Å²) in [4.78, 5) is 36.5. The lowest BCUT2D eigenvalue weighted by atomic mass is 10.1. The molecule has 2 aromatic rings. The van der Waals surface area contributed by atoms with Gasteiger partial charge in [-0.2, -0.15) is 0 Å². The van der Waals surface area contributed by atoms with E-state index in [0.717, 1.165) is 29.3 Å². The number of non-ortho nitro benzene ring substituents is 1. The van der Waals surface area contributed by atoms with Gasteiger partial charge in [0.15, 0.2) is 0 Å². The van der Waals surface area contributed by atoms with Crippen LogP contribution in [0.5, 0.6) is 0 Å². The highest BCUT2D eigenvalue weighted by Crippen LogP contribution is 2.28. The van der Waals surface area contributed by atoms with E-state index >= 15 is 0 Å². The number of anilines is 2. The minimum Gasteiger partial charge on any atom is -0.323 e. The molecule has 0 aliphatic carbocycles. The van der Waals surface area contributed by atoms with E-state index in [9.17, 15) is 24.1 Å². The van der Waals surface area contributed by atoms with Crippen molar-refractivity contribution in [2.24, 2.45) is 5.92 Å². The molecule has 0 aromatic heterocycles. The molecule has 3 rings (SSSR count). The van der Waals surface area contributed by atoms with E-state index in [2.05, 4.69) is 5.32 Å². The van der Waals surface area contributed by atoms with Gasteiger partial charge < -0.3 is 10.2 Å². The standard InChI is InChI=1S/C19H18FN3O4/c1-11-3-4-14(7-12(11)2)22-10-13(8-18(22)24)19(25)21-17-9-15(23(26)27)5-6-16(17)20/h3-7,9,13H,8,10H2,1-2H3,(H,21,25). The van der Waals surface area contributed by atoms with Gasteiger partial charge in [0.05, 0.1) is 16.5 Å². The fraction of sp³-hybridized carbons (Fsp3) is 0.263. The zero-order chi connectivity index (χ0) is 19.7. The van der Waals surface area contributed by atoms with Crippen LogP contribution >= 0.6 is 0 Å². The van der Waals surface area contributed by atoms with E-state index in [1.807, 2.05) is 32.0 Å². The first-order valence-corrected chi connectivity index (χ1v) is 8.38. The molecule has 0 radical (unpaired) electrons. The Labute approximate surface area is 154 Å². The molecule has 1 unspecified atom stereocenters. The van der Waals surface area contributed by atoms with Gasteiger partial charge in [-0.1, -0.05) is 6.07 Å². The number of nitro benzene ring substituents is 1. The highest BCUT2D eigenvalue weighted by Gasteiger charge is 2.35. The van der Waals surface area contributed by atoms with Crippen molar-refractivity contribution in [2.75, 3.05) is 16.8 Å². The number of halogens is 1. The Hall–Kier alpha value is -3.29. The summed E-state index contributed by atoms with van der Waals surface area (Å²) in [6.07, 6.45) is -0.00466. The van der Waals surface area contributed by atoms with Gasteiger partial charge in [-0.25, -0.2) is 4.39 Å². The molecule has 27 heavy (non-hydrogen) atoms. The minimum atomic E-state index is -0.774. The molecule has 1 atom stereocenters. The van der Waals surface area contributed by atoms with E-state index < -0.39 is 22.6 Å². The zero-order valence-corrected chi connectivity index (χ0v) is 14.9. The fourth-order valence-corrected chi connectivity index (χ4v) is 2.98. The number of rotatable bonds is 4. The van der Waals surface area contributed by atoms with Crippen molar-refractivity contribution in [2.45, 2.75) is 20.3 Å². The number of nitrogens with zero attached hydrogens (tertiary/aromatic N) is 2. The molecule has 140 valence electrons. The summed E-state index contributed by atoms with van der Waals surface area (Å²) in [6.45, 7) is 4.08. The first-order chi connectivity index (χ1) is 12.8. The number of benzene rings is 2. The van der Waals surface area contributed by atoms with E-state index in [1.54, 1.807) is 0 Å². The average molecular weight is 371 g/mol.